The summed E-state index contributed by atoms with van der Waals surface area (Å²) in [6.07, 6.45) is 7.15. The van der Waals surface area contributed by atoms with Crippen LogP contribution in [0.4, 0.5) is 0 Å². The Morgan fingerprint density at radius 2 is 2.05 bits per heavy atom. The standard InChI is InChI=1S/C13H14N6/c1-10-15-3-12(4-16-10)6-18-8-13(9-18)19-7-11(2-14)5-17-19/h3-5,7,13H,6,8-9H2,1H3. The maximum Gasteiger partial charge on any atom is 0.125 e. The molecule has 96 valence electrons. The average molecular weight is 254 g/mol. The highest BCUT2D eigenvalue weighted by Crippen LogP contribution is 2.22. The minimum absolute atomic E-state index is 0.369. The van der Waals surface area contributed by atoms with E-state index in [9.17, 15) is 0 Å². The Morgan fingerprint density at radius 3 is 2.68 bits per heavy atom. The molecule has 0 aliphatic carbocycles. The summed E-state index contributed by atoms with van der Waals surface area (Å²) in [5.74, 6) is 0.797. The average Bonchev–Trinajstić information content (AvgIpc) is 2.84. The van der Waals surface area contributed by atoms with Crippen molar-refractivity contribution in [3.05, 3.63) is 41.7 Å². The highest BCUT2D eigenvalue weighted by Gasteiger charge is 2.28. The molecule has 3 heterocycles. The van der Waals surface area contributed by atoms with Crippen LogP contribution in [0.25, 0.3) is 0 Å². The van der Waals surface area contributed by atoms with E-state index in [-0.39, 0.29) is 0 Å². The Bertz CT molecular complexity index is 603. The predicted octanol–water partition coefficient (Wildman–Crippen LogP) is 0.910. The van der Waals surface area contributed by atoms with Gasteiger partial charge in [-0.15, -0.1) is 0 Å². The van der Waals surface area contributed by atoms with Gasteiger partial charge in [-0.25, -0.2) is 9.97 Å². The van der Waals surface area contributed by atoms with Crippen molar-refractivity contribution >= 4 is 0 Å². The number of nitriles is 1. The van der Waals surface area contributed by atoms with Crippen molar-refractivity contribution in [2.45, 2.75) is 19.5 Å². The molecule has 0 spiro atoms. The fraction of sp³-hybridized carbons (Fsp3) is 0.385. The van der Waals surface area contributed by atoms with Crippen molar-refractivity contribution in [3.63, 3.8) is 0 Å². The van der Waals surface area contributed by atoms with E-state index in [0.29, 0.717) is 11.6 Å². The van der Waals surface area contributed by atoms with Crippen LogP contribution in [-0.2, 0) is 6.54 Å². The van der Waals surface area contributed by atoms with Crippen LogP contribution >= 0.6 is 0 Å². The van der Waals surface area contributed by atoms with E-state index in [1.807, 2.05) is 24.0 Å². The smallest absolute Gasteiger partial charge is 0.125 e. The summed E-state index contributed by atoms with van der Waals surface area (Å²) in [5, 5.41) is 13.0. The molecule has 2 aromatic heterocycles. The van der Waals surface area contributed by atoms with Crippen molar-refractivity contribution in [3.8, 4) is 6.07 Å². The number of aryl methyl sites for hydroxylation is 1. The van der Waals surface area contributed by atoms with Gasteiger partial charge in [0.2, 0.25) is 0 Å². The first-order chi connectivity index (χ1) is 9.24. The summed E-state index contributed by atoms with van der Waals surface area (Å²) >= 11 is 0. The molecule has 0 amide bonds. The van der Waals surface area contributed by atoms with Gasteiger partial charge in [0, 0.05) is 43.8 Å². The van der Waals surface area contributed by atoms with Gasteiger partial charge < -0.3 is 0 Å². The molecule has 0 bridgehead atoms. The van der Waals surface area contributed by atoms with E-state index >= 15 is 0 Å². The maximum atomic E-state index is 8.77. The van der Waals surface area contributed by atoms with E-state index in [1.54, 1.807) is 12.4 Å². The molecule has 6 heteroatoms. The zero-order chi connectivity index (χ0) is 13.2. The van der Waals surface area contributed by atoms with Crippen LogP contribution in [0.1, 0.15) is 23.0 Å². The van der Waals surface area contributed by atoms with Gasteiger partial charge in [0.1, 0.15) is 11.9 Å². The van der Waals surface area contributed by atoms with Crippen molar-refractivity contribution in [2.24, 2.45) is 0 Å². The second kappa shape index (κ2) is 4.78. The molecule has 6 nitrogen and oxygen atoms in total. The molecular formula is C13H14N6. The lowest BCUT2D eigenvalue weighted by molar-refractivity contribution is 0.0906. The van der Waals surface area contributed by atoms with E-state index in [0.717, 1.165) is 31.0 Å². The van der Waals surface area contributed by atoms with Crippen molar-refractivity contribution in [1.29, 1.82) is 5.26 Å². The Balaban J connectivity index is 1.55. The molecule has 0 saturated carbocycles. The number of likely N-dealkylation sites (tertiary alicyclic amines) is 1. The molecule has 19 heavy (non-hydrogen) atoms. The Hall–Kier alpha value is -2.26. The lowest BCUT2D eigenvalue weighted by atomic mass is 10.1. The van der Waals surface area contributed by atoms with Crippen LogP contribution in [-0.4, -0.2) is 37.7 Å². The zero-order valence-electron chi connectivity index (χ0n) is 10.7. The summed E-state index contributed by atoms with van der Waals surface area (Å²) in [6, 6.07) is 2.46. The second-order valence-electron chi connectivity index (χ2n) is 4.81. The third-order valence-corrected chi connectivity index (χ3v) is 3.28. The van der Waals surface area contributed by atoms with Crippen LogP contribution in [0, 0.1) is 18.3 Å². The lowest BCUT2D eigenvalue weighted by Crippen LogP contribution is -2.47. The van der Waals surface area contributed by atoms with Gasteiger partial charge in [0.05, 0.1) is 17.8 Å². The molecule has 0 radical (unpaired) electrons. The van der Waals surface area contributed by atoms with Crippen molar-refractivity contribution in [1.82, 2.24) is 24.6 Å². The van der Waals surface area contributed by atoms with Gasteiger partial charge in [-0.1, -0.05) is 0 Å². The van der Waals surface area contributed by atoms with Gasteiger partial charge in [-0.2, -0.15) is 10.4 Å². The Labute approximate surface area is 111 Å². The summed E-state index contributed by atoms with van der Waals surface area (Å²) in [5.41, 5.74) is 1.74. The minimum atomic E-state index is 0.369. The van der Waals surface area contributed by atoms with E-state index in [2.05, 4.69) is 26.0 Å². The predicted molar refractivity (Wildman–Crippen MR) is 68.0 cm³/mol. The van der Waals surface area contributed by atoms with Crippen molar-refractivity contribution < 1.29 is 0 Å². The quantitative estimate of drug-likeness (QED) is 0.814. The highest BCUT2D eigenvalue weighted by molar-refractivity contribution is 5.22. The maximum absolute atomic E-state index is 8.77. The number of rotatable bonds is 3. The topological polar surface area (TPSA) is 70.6 Å². The molecule has 1 fully saturated rings. The van der Waals surface area contributed by atoms with Gasteiger partial charge in [-0.05, 0) is 6.92 Å². The SMILES string of the molecule is Cc1ncc(CN2CC(n3cc(C#N)cn3)C2)cn1. The number of hydrogen-bond donors (Lipinski definition) is 0. The van der Waals surface area contributed by atoms with Gasteiger partial charge >= 0.3 is 0 Å². The summed E-state index contributed by atoms with van der Waals surface area (Å²) < 4.78 is 1.88. The van der Waals surface area contributed by atoms with Gasteiger partial charge in [0.25, 0.3) is 0 Å². The highest BCUT2D eigenvalue weighted by atomic mass is 15.4. The summed E-state index contributed by atoms with van der Waals surface area (Å²) in [6.45, 7) is 4.64. The second-order valence-corrected chi connectivity index (χ2v) is 4.81. The van der Waals surface area contributed by atoms with Crippen LogP contribution in [0.15, 0.2) is 24.8 Å². The molecule has 0 aromatic carbocycles. The third-order valence-electron chi connectivity index (χ3n) is 3.28. The molecule has 1 aliphatic rings. The van der Waals surface area contributed by atoms with E-state index in [4.69, 9.17) is 5.26 Å². The fourth-order valence-electron chi connectivity index (χ4n) is 2.19. The number of aromatic nitrogens is 4. The molecule has 0 unspecified atom stereocenters. The molecular weight excluding hydrogens is 240 g/mol. The number of hydrogen-bond acceptors (Lipinski definition) is 5. The zero-order valence-corrected chi connectivity index (χ0v) is 10.7. The van der Waals surface area contributed by atoms with E-state index < -0.39 is 0 Å². The van der Waals surface area contributed by atoms with Crippen molar-refractivity contribution in [2.75, 3.05) is 13.1 Å². The Morgan fingerprint density at radius 1 is 1.32 bits per heavy atom. The molecule has 1 saturated heterocycles. The third kappa shape index (κ3) is 2.46. The molecule has 2 aromatic rings. The Kier molecular flexibility index (Phi) is 2.97. The van der Waals surface area contributed by atoms with Crippen LogP contribution in [0.3, 0.4) is 0 Å². The number of nitrogens with zero attached hydrogens (tertiary/aromatic N) is 6. The summed E-state index contributed by atoms with van der Waals surface area (Å²) in [4.78, 5) is 10.7. The first-order valence-corrected chi connectivity index (χ1v) is 6.19. The lowest BCUT2D eigenvalue weighted by Gasteiger charge is -2.39. The molecule has 3 rings (SSSR count). The first kappa shape index (κ1) is 11.8. The van der Waals surface area contributed by atoms with Crippen LogP contribution < -0.4 is 0 Å². The normalized spacial score (nSPS) is 16.0. The van der Waals surface area contributed by atoms with E-state index in [1.165, 1.54) is 0 Å². The van der Waals surface area contributed by atoms with Gasteiger partial charge in [-0.3, -0.25) is 9.58 Å². The fourth-order valence-corrected chi connectivity index (χ4v) is 2.19. The van der Waals surface area contributed by atoms with Crippen LogP contribution in [0.5, 0.6) is 0 Å². The molecule has 0 atom stereocenters. The minimum Gasteiger partial charge on any atom is -0.295 e. The molecule has 1 aliphatic heterocycles. The molecule has 0 N–H and O–H groups in total. The van der Waals surface area contributed by atoms with Crippen LogP contribution in [0.2, 0.25) is 0 Å². The monoisotopic (exact) mass is 254 g/mol. The first-order valence-electron chi connectivity index (χ1n) is 6.19. The summed E-state index contributed by atoms with van der Waals surface area (Å²) in [7, 11) is 0. The largest absolute Gasteiger partial charge is 0.295 e. The van der Waals surface area contributed by atoms with Gasteiger partial charge in [0.15, 0.2) is 0 Å².